The van der Waals surface area contributed by atoms with Crippen LogP contribution in [0.4, 0.5) is 0 Å². The molecule has 1 aromatic heterocycles. The summed E-state index contributed by atoms with van der Waals surface area (Å²) in [5.41, 5.74) is 2.35. The van der Waals surface area contributed by atoms with Crippen LogP contribution in [0, 0.1) is 5.92 Å². The molecule has 2 unspecified atom stereocenters. The number of rotatable bonds is 10. The molecule has 0 fully saturated rings. The predicted molar refractivity (Wildman–Crippen MR) is 131 cm³/mol. The molecule has 2 N–H and O–H groups in total. The highest BCUT2D eigenvalue weighted by Gasteiger charge is 2.23. The fourth-order valence-electron chi connectivity index (χ4n) is 3.62. The van der Waals surface area contributed by atoms with Crippen molar-refractivity contribution in [2.75, 3.05) is 6.61 Å². The molecule has 34 heavy (non-hydrogen) atoms. The number of benzene rings is 2. The average Bonchev–Trinajstić information content (AvgIpc) is 3.26. The third-order valence-corrected chi connectivity index (χ3v) is 5.95. The first-order chi connectivity index (χ1) is 16.3. The highest BCUT2D eigenvalue weighted by atomic mass is 35.5. The molecule has 9 heteroatoms. The number of nitrogens with one attached hydrogen (secondary N) is 2. The second kappa shape index (κ2) is 11.9. The van der Waals surface area contributed by atoms with Gasteiger partial charge in [0.1, 0.15) is 0 Å². The van der Waals surface area contributed by atoms with Gasteiger partial charge in [-0.2, -0.15) is 5.16 Å². The van der Waals surface area contributed by atoms with Gasteiger partial charge in [0, 0.05) is 21.7 Å². The summed E-state index contributed by atoms with van der Waals surface area (Å²) in [5, 5.41) is 6.19. The fraction of sp³-hybridized carbons (Fsp3) is 0.320. The zero-order chi connectivity index (χ0) is 24.7. The molecule has 1 heterocycles. The van der Waals surface area contributed by atoms with E-state index in [-0.39, 0.29) is 24.4 Å². The molecule has 0 saturated carbocycles. The molecule has 1 amide bonds. The van der Waals surface area contributed by atoms with Crippen molar-refractivity contribution in [2.45, 2.75) is 39.2 Å². The first-order valence-corrected chi connectivity index (χ1v) is 11.7. The molecule has 0 saturated heterocycles. The van der Waals surface area contributed by atoms with Crippen LogP contribution >= 0.6 is 23.2 Å². The van der Waals surface area contributed by atoms with Crippen LogP contribution in [0.5, 0.6) is 0 Å². The molecule has 7 nitrogen and oxygen atoms in total. The van der Waals surface area contributed by atoms with Gasteiger partial charge in [0.2, 0.25) is 5.76 Å². The smallest absolute Gasteiger partial charge is 0.308 e. The predicted octanol–water partition coefficient (Wildman–Crippen LogP) is 5.26. The molecule has 0 aliphatic carbocycles. The molecular formula is C25H26Cl2N2O5. The fourth-order valence-corrected chi connectivity index (χ4v) is 4.02. The van der Waals surface area contributed by atoms with E-state index in [0.717, 1.165) is 22.8 Å². The summed E-state index contributed by atoms with van der Waals surface area (Å²) >= 11 is 12.4. The number of aromatic amines is 1. The first-order valence-electron chi connectivity index (χ1n) is 11.0. The van der Waals surface area contributed by atoms with E-state index in [4.69, 9.17) is 32.5 Å². The van der Waals surface area contributed by atoms with E-state index in [9.17, 15) is 14.4 Å². The van der Waals surface area contributed by atoms with Crippen molar-refractivity contribution in [1.29, 1.82) is 0 Å². The maximum Gasteiger partial charge on any atom is 0.308 e. The number of halogens is 2. The minimum atomic E-state index is -0.523. The summed E-state index contributed by atoms with van der Waals surface area (Å²) in [6.07, 6.45) is 1.61. The third-order valence-electron chi connectivity index (χ3n) is 5.38. The van der Waals surface area contributed by atoms with Crippen LogP contribution in [0.3, 0.4) is 0 Å². The molecule has 0 radical (unpaired) electrons. The third kappa shape index (κ3) is 6.98. The first kappa shape index (κ1) is 25.6. The van der Waals surface area contributed by atoms with Crippen molar-refractivity contribution in [3.8, 4) is 11.1 Å². The molecular weight excluding hydrogens is 479 g/mol. The molecule has 2 atom stereocenters. The van der Waals surface area contributed by atoms with E-state index in [2.05, 4.69) is 10.5 Å². The second-order valence-corrected chi connectivity index (χ2v) is 8.84. The largest absolute Gasteiger partial charge is 0.466 e. The molecule has 3 aromatic rings. The molecule has 0 bridgehead atoms. The van der Waals surface area contributed by atoms with Crippen LogP contribution in [-0.2, 0) is 16.0 Å². The number of hydrogen-bond donors (Lipinski definition) is 2. The van der Waals surface area contributed by atoms with Gasteiger partial charge in [0.05, 0.1) is 18.6 Å². The minimum absolute atomic E-state index is 0.110. The zero-order valence-electron chi connectivity index (χ0n) is 18.9. The Morgan fingerprint density at radius 1 is 1.12 bits per heavy atom. The van der Waals surface area contributed by atoms with Crippen molar-refractivity contribution in [2.24, 2.45) is 5.92 Å². The number of carbonyl (C=O) groups excluding carboxylic acids is 2. The summed E-state index contributed by atoms with van der Waals surface area (Å²) in [7, 11) is 0. The van der Waals surface area contributed by atoms with Gasteiger partial charge in [0.25, 0.3) is 11.5 Å². The van der Waals surface area contributed by atoms with E-state index in [1.807, 2.05) is 30.3 Å². The molecule has 180 valence electrons. The highest BCUT2D eigenvalue weighted by Crippen LogP contribution is 2.30. The van der Waals surface area contributed by atoms with Gasteiger partial charge in [-0.05, 0) is 55.5 Å². The topological polar surface area (TPSA) is 101 Å². The average molecular weight is 505 g/mol. The number of amides is 1. The van der Waals surface area contributed by atoms with Crippen LogP contribution in [0.25, 0.3) is 11.1 Å². The summed E-state index contributed by atoms with van der Waals surface area (Å²) in [6.45, 7) is 3.80. The number of esters is 1. The Morgan fingerprint density at radius 2 is 1.85 bits per heavy atom. The lowest BCUT2D eigenvalue weighted by Gasteiger charge is -2.21. The summed E-state index contributed by atoms with van der Waals surface area (Å²) < 4.78 is 9.99. The Balaban J connectivity index is 1.69. The summed E-state index contributed by atoms with van der Waals surface area (Å²) in [4.78, 5) is 35.9. The normalized spacial score (nSPS) is 12.7. The van der Waals surface area contributed by atoms with Crippen LogP contribution in [0.15, 0.2) is 57.8 Å². The van der Waals surface area contributed by atoms with Gasteiger partial charge >= 0.3 is 5.97 Å². The van der Waals surface area contributed by atoms with Gasteiger partial charge < -0.3 is 14.6 Å². The Labute approximate surface area is 207 Å². The van der Waals surface area contributed by atoms with Gasteiger partial charge in [-0.25, -0.2) is 0 Å². The number of H-pyrrole nitrogens is 1. The Kier molecular flexibility index (Phi) is 8.96. The Bertz CT molecular complexity index is 1190. The van der Waals surface area contributed by atoms with Gasteiger partial charge in [0.15, 0.2) is 0 Å². The van der Waals surface area contributed by atoms with Crippen LogP contribution < -0.4 is 10.9 Å². The van der Waals surface area contributed by atoms with Crippen molar-refractivity contribution in [1.82, 2.24) is 10.5 Å². The van der Waals surface area contributed by atoms with Gasteiger partial charge in [-0.15, -0.1) is 0 Å². The molecule has 3 rings (SSSR count). The molecule has 0 spiro atoms. The molecule has 0 aliphatic heterocycles. The number of carbonyl (C=O) groups is 2. The van der Waals surface area contributed by atoms with E-state index >= 15 is 0 Å². The highest BCUT2D eigenvalue weighted by molar-refractivity contribution is 6.35. The van der Waals surface area contributed by atoms with Crippen molar-refractivity contribution >= 4 is 35.1 Å². The summed E-state index contributed by atoms with van der Waals surface area (Å²) in [6, 6.07) is 14.0. The SMILES string of the molecule is CCOC(=O)C(C)CC(CCc1ccc(-c2cc(Cl)ccc2Cl)cc1)NC(=O)c1cc(=O)[nH]o1. The van der Waals surface area contributed by atoms with E-state index < -0.39 is 17.4 Å². The lowest BCUT2D eigenvalue weighted by molar-refractivity contribution is -0.147. The van der Waals surface area contributed by atoms with Crippen molar-refractivity contribution in [3.05, 3.63) is 80.3 Å². The lowest BCUT2D eigenvalue weighted by Crippen LogP contribution is -2.37. The van der Waals surface area contributed by atoms with E-state index in [0.29, 0.717) is 29.3 Å². The van der Waals surface area contributed by atoms with Crippen molar-refractivity contribution in [3.63, 3.8) is 0 Å². The maximum absolute atomic E-state index is 12.5. The van der Waals surface area contributed by atoms with E-state index in [1.54, 1.807) is 26.0 Å². The quantitative estimate of drug-likeness (QED) is 0.366. The lowest BCUT2D eigenvalue weighted by atomic mass is 9.95. The van der Waals surface area contributed by atoms with Crippen molar-refractivity contribution < 1.29 is 18.8 Å². The Hall–Kier alpha value is -3.03. The second-order valence-electron chi connectivity index (χ2n) is 8.00. The van der Waals surface area contributed by atoms with Crippen LogP contribution in [0.1, 0.15) is 42.8 Å². The van der Waals surface area contributed by atoms with Crippen LogP contribution in [-0.4, -0.2) is 29.7 Å². The summed E-state index contributed by atoms with van der Waals surface area (Å²) in [5.74, 6) is -1.36. The Morgan fingerprint density at radius 3 is 2.50 bits per heavy atom. The number of ether oxygens (including phenoxy) is 1. The number of aromatic nitrogens is 1. The van der Waals surface area contributed by atoms with Gasteiger partial charge in [-0.3, -0.25) is 14.4 Å². The number of aryl methyl sites for hydroxylation is 1. The number of hydrogen-bond acceptors (Lipinski definition) is 5. The monoisotopic (exact) mass is 504 g/mol. The maximum atomic E-state index is 12.5. The van der Waals surface area contributed by atoms with E-state index in [1.165, 1.54) is 0 Å². The zero-order valence-corrected chi connectivity index (χ0v) is 20.4. The standard InChI is InChI=1S/C25H26Cl2N2O5/c1-3-33-25(32)15(2)12-19(28-24(31)22-14-23(30)29-34-22)10-6-16-4-7-17(8-5-16)20-13-18(26)9-11-21(20)27/h4-5,7-9,11,13-15,19H,3,6,10,12H2,1-2H3,(H,28,31)(H,29,30). The van der Waals surface area contributed by atoms with Crippen LogP contribution in [0.2, 0.25) is 10.0 Å². The van der Waals surface area contributed by atoms with Gasteiger partial charge in [-0.1, -0.05) is 54.4 Å². The minimum Gasteiger partial charge on any atom is -0.466 e. The molecule has 2 aromatic carbocycles. The molecule has 0 aliphatic rings.